The van der Waals surface area contributed by atoms with Crippen LogP contribution in [0.5, 0.6) is 5.75 Å². The molecule has 2 heterocycles. The fourth-order valence-corrected chi connectivity index (χ4v) is 4.01. The number of hydrogen-bond acceptors (Lipinski definition) is 6. The van der Waals surface area contributed by atoms with Crippen LogP contribution in [0.2, 0.25) is 0 Å². The number of rotatable bonds is 11. The number of nitrogens with one attached hydrogen (secondary N) is 1. The van der Waals surface area contributed by atoms with Crippen molar-refractivity contribution in [3.8, 4) is 5.75 Å². The van der Waals surface area contributed by atoms with E-state index < -0.39 is 11.7 Å². The molecule has 10 heteroatoms. The van der Waals surface area contributed by atoms with E-state index in [-0.39, 0.29) is 19.1 Å². The van der Waals surface area contributed by atoms with E-state index in [4.69, 9.17) is 14.3 Å². The van der Waals surface area contributed by atoms with E-state index in [0.29, 0.717) is 35.9 Å². The Labute approximate surface area is 225 Å². The van der Waals surface area contributed by atoms with Gasteiger partial charge in [-0.3, -0.25) is 9.78 Å². The minimum absolute atomic E-state index is 0.0160. The number of benzene rings is 2. The van der Waals surface area contributed by atoms with E-state index in [1.165, 1.54) is 12.1 Å². The number of pyridine rings is 1. The van der Waals surface area contributed by atoms with Crippen molar-refractivity contribution in [2.24, 2.45) is 11.1 Å². The van der Waals surface area contributed by atoms with Crippen LogP contribution in [-0.2, 0) is 33.6 Å². The molecule has 206 valence electrons. The monoisotopic (exact) mass is 541 g/mol. The lowest BCUT2D eigenvalue weighted by molar-refractivity contribution is -0.137. The number of halogens is 3. The Morgan fingerprint density at radius 3 is 2.33 bits per heavy atom. The van der Waals surface area contributed by atoms with Crippen molar-refractivity contribution in [3.05, 3.63) is 95.3 Å². The Hall–Kier alpha value is -3.92. The molecule has 7 nitrogen and oxygen atoms in total. The fraction of sp³-hybridized carbons (Fsp3) is 0.345. The van der Waals surface area contributed by atoms with Crippen LogP contribution in [0.3, 0.4) is 0 Å². The molecule has 0 spiro atoms. The molecular formula is C29H30F3N3O4. The van der Waals surface area contributed by atoms with Gasteiger partial charge < -0.3 is 19.6 Å². The second kappa shape index (κ2) is 13.7. The quantitative estimate of drug-likeness (QED) is 0.267. The van der Waals surface area contributed by atoms with Gasteiger partial charge in [0, 0.05) is 38.6 Å². The lowest BCUT2D eigenvalue weighted by atomic mass is 10.0. The summed E-state index contributed by atoms with van der Waals surface area (Å²) >= 11 is 0. The molecule has 0 bridgehead atoms. The van der Waals surface area contributed by atoms with Crippen LogP contribution < -0.4 is 10.1 Å². The highest BCUT2D eigenvalue weighted by molar-refractivity contribution is 6.01. The van der Waals surface area contributed by atoms with Gasteiger partial charge in [0.15, 0.2) is 6.61 Å². The van der Waals surface area contributed by atoms with E-state index in [9.17, 15) is 18.0 Å². The normalized spacial score (nSPS) is 14.6. The highest BCUT2D eigenvalue weighted by Gasteiger charge is 2.29. The van der Waals surface area contributed by atoms with Crippen LogP contribution in [-0.4, -0.2) is 43.0 Å². The van der Waals surface area contributed by atoms with Gasteiger partial charge in [-0.1, -0.05) is 17.3 Å². The minimum atomic E-state index is -4.39. The van der Waals surface area contributed by atoms with Crippen molar-refractivity contribution < 1.29 is 32.3 Å². The molecule has 0 unspecified atom stereocenters. The second-order valence-electron chi connectivity index (χ2n) is 9.21. The maximum atomic E-state index is 12.8. The zero-order valence-corrected chi connectivity index (χ0v) is 21.3. The molecule has 1 aromatic heterocycles. The molecule has 0 radical (unpaired) electrons. The summed E-state index contributed by atoms with van der Waals surface area (Å²) in [6.45, 7) is 2.01. The first-order valence-electron chi connectivity index (χ1n) is 12.7. The van der Waals surface area contributed by atoms with Crippen LogP contribution in [0.15, 0.2) is 78.2 Å². The van der Waals surface area contributed by atoms with E-state index in [1.54, 1.807) is 24.5 Å². The summed E-state index contributed by atoms with van der Waals surface area (Å²) < 4.78 is 49.4. The number of ether oxygens (including phenoxy) is 2. The highest BCUT2D eigenvalue weighted by atomic mass is 19.4. The largest absolute Gasteiger partial charge is 0.484 e. The summed E-state index contributed by atoms with van der Waals surface area (Å²) in [6.07, 6.45) is 1.31. The Kier molecular flexibility index (Phi) is 9.91. The first-order chi connectivity index (χ1) is 18.9. The van der Waals surface area contributed by atoms with Crippen molar-refractivity contribution in [1.82, 2.24) is 10.3 Å². The summed E-state index contributed by atoms with van der Waals surface area (Å²) in [5.74, 6) is 0.789. The zero-order valence-electron chi connectivity index (χ0n) is 21.3. The Balaban J connectivity index is 1.35. The van der Waals surface area contributed by atoms with Crippen molar-refractivity contribution >= 4 is 11.6 Å². The lowest BCUT2D eigenvalue weighted by Crippen LogP contribution is -2.35. The molecule has 1 amide bonds. The third kappa shape index (κ3) is 9.10. The smallest absolute Gasteiger partial charge is 0.416 e. The van der Waals surface area contributed by atoms with Crippen molar-refractivity contribution in [1.29, 1.82) is 0 Å². The predicted molar refractivity (Wildman–Crippen MR) is 139 cm³/mol. The molecule has 2 aromatic carbocycles. The molecule has 0 aliphatic carbocycles. The Morgan fingerprint density at radius 2 is 1.67 bits per heavy atom. The van der Waals surface area contributed by atoms with Crippen LogP contribution in [0.25, 0.3) is 0 Å². The first kappa shape index (κ1) is 28.1. The maximum absolute atomic E-state index is 12.8. The maximum Gasteiger partial charge on any atom is 0.416 e. The standard InChI is InChI=1S/C29H30F3N3O4/c30-29(31,32)25-5-1-23(2-6-25)19-39-35-27(17-21-9-13-33-14-10-21)24-3-7-26(8-4-24)38-20-28(36)34-18-22-11-15-37-16-12-22/h1-10,13-14,22H,11-12,15-20H2,(H,34,36)/b35-27+. The van der Waals surface area contributed by atoms with E-state index in [2.05, 4.69) is 15.5 Å². The highest BCUT2D eigenvalue weighted by Crippen LogP contribution is 2.29. The first-order valence-corrected chi connectivity index (χ1v) is 12.7. The van der Waals surface area contributed by atoms with Gasteiger partial charge in [0.05, 0.1) is 11.3 Å². The van der Waals surface area contributed by atoms with Gasteiger partial charge in [-0.15, -0.1) is 0 Å². The Morgan fingerprint density at radius 1 is 0.974 bits per heavy atom. The number of alkyl halides is 3. The van der Waals surface area contributed by atoms with Gasteiger partial charge in [-0.05, 0) is 84.0 Å². The van der Waals surface area contributed by atoms with Gasteiger partial charge >= 0.3 is 6.18 Å². The lowest BCUT2D eigenvalue weighted by Gasteiger charge is -2.22. The molecule has 1 aliphatic heterocycles. The number of amides is 1. The molecule has 4 rings (SSSR count). The predicted octanol–water partition coefficient (Wildman–Crippen LogP) is 5.19. The van der Waals surface area contributed by atoms with Gasteiger partial charge in [-0.25, -0.2) is 0 Å². The SMILES string of the molecule is O=C(COc1ccc(/C(Cc2ccncc2)=N/OCc2ccc(C(F)(F)F)cc2)cc1)NCC1CCOCC1. The van der Waals surface area contributed by atoms with Crippen LogP contribution in [0.1, 0.15) is 35.1 Å². The summed E-state index contributed by atoms with van der Waals surface area (Å²) in [7, 11) is 0. The Bertz CT molecular complexity index is 1210. The number of carbonyl (C=O) groups excluding carboxylic acids is 1. The average molecular weight is 542 g/mol. The molecule has 1 saturated heterocycles. The van der Waals surface area contributed by atoms with Crippen LogP contribution in [0, 0.1) is 5.92 Å². The van der Waals surface area contributed by atoms with Crippen LogP contribution in [0.4, 0.5) is 13.2 Å². The molecule has 0 saturated carbocycles. The molecule has 0 atom stereocenters. The number of hydrogen-bond donors (Lipinski definition) is 1. The number of nitrogens with zero attached hydrogens (tertiary/aromatic N) is 2. The van der Waals surface area contributed by atoms with Crippen LogP contribution >= 0.6 is 0 Å². The van der Waals surface area contributed by atoms with E-state index in [1.807, 2.05) is 24.3 Å². The van der Waals surface area contributed by atoms with Crippen molar-refractivity contribution in [2.45, 2.75) is 32.0 Å². The number of carbonyl (C=O) groups is 1. The molecule has 1 aliphatic rings. The zero-order chi connectivity index (χ0) is 27.5. The van der Waals surface area contributed by atoms with E-state index >= 15 is 0 Å². The minimum Gasteiger partial charge on any atom is -0.484 e. The topological polar surface area (TPSA) is 82.0 Å². The second-order valence-corrected chi connectivity index (χ2v) is 9.21. The van der Waals surface area contributed by atoms with Gasteiger partial charge in [0.25, 0.3) is 5.91 Å². The number of oxime groups is 1. The molecule has 1 N–H and O–H groups in total. The van der Waals surface area contributed by atoms with Gasteiger partial charge in [0.1, 0.15) is 12.4 Å². The number of aromatic nitrogens is 1. The molecule has 39 heavy (non-hydrogen) atoms. The van der Waals surface area contributed by atoms with Crippen molar-refractivity contribution in [2.75, 3.05) is 26.4 Å². The summed E-state index contributed by atoms with van der Waals surface area (Å²) in [5.41, 5.74) is 2.20. The fourth-order valence-electron chi connectivity index (χ4n) is 4.01. The molecule has 1 fully saturated rings. The van der Waals surface area contributed by atoms with Crippen molar-refractivity contribution in [3.63, 3.8) is 0 Å². The average Bonchev–Trinajstić information content (AvgIpc) is 2.96. The van der Waals surface area contributed by atoms with Gasteiger partial charge in [0.2, 0.25) is 0 Å². The summed E-state index contributed by atoms with van der Waals surface area (Å²) in [4.78, 5) is 21.7. The van der Waals surface area contributed by atoms with E-state index in [0.717, 1.165) is 49.3 Å². The third-order valence-corrected chi connectivity index (χ3v) is 6.29. The summed E-state index contributed by atoms with van der Waals surface area (Å²) in [5, 5.41) is 7.20. The molecular weight excluding hydrogens is 511 g/mol. The third-order valence-electron chi connectivity index (χ3n) is 6.29. The summed E-state index contributed by atoms with van der Waals surface area (Å²) in [6, 6.07) is 15.6. The molecule has 3 aromatic rings. The van der Waals surface area contributed by atoms with Gasteiger partial charge in [-0.2, -0.15) is 13.2 Å².